The molecule has 1 atom stereocenters. The van der Waals surface area contributed by atoms with Crippen LogP contribution < -0.4 is 0 Å². The van der Waals surface area contributed by atoms with Crippen LogP contribution in [0.5, 0.6) is 0 Å². The van der Waals surface area contributed by atoms with Crippen LogP contribution in [0.25, 0.3) is 0 Å². The molecule has 0 aliphatic heterocycles. The van der Waals surface area contributed by atoms with Gasteiger partial charge in [0, 0.05) is 37.1 Å². The minimum absolute atomic E-state index is 0.0154. The van der Waals surface area contributed by atoms with Crippen LogP contribution in [-0.2, 0) is 18.4 Å². The Kier molecular flexibility index (Phi) is 8.43. The molecule has 1 aromatic heterocycles. The van der Waals surface area contributed by atoms with Gasteiger partial charge in [-0.2, -0.15) is 0 Å². The first-order valence-electron chi connectivity index (χ1n) is 10.3. The molecule has 2 aromatic rings. The number of carbonyl (C=O) groups is 2. The van der Waals surface area contributed by atoms with Gasteiger partial charge < -0.3 is 14.4 Å². The Hall–Kier alpha value is -2.63. The number of amides is 2. The summed E-state index contributed by atoms with van der Waals surface area (Å²) in [7, 11) is 1.96. The molecule has 0 N–H and O–H groups in total. The van der Waals surface area contributed by atoms with Crippen LogP contribution in [0.3, 0.4) is 0 Å². The van der Waals surface area contributed by atoms with Crippen LogP contribution in [0.15, 0.2) is 42.6 Å². The predicted molar refractivity (Wildman–Crippen MR) is 113 cm³/mol. The zero-order valence-corrected chi connectivity index (χ0v) is 17.9. The highest BCUT2D eigenvalue weighted by Crippen LogP contribution is 2.14. The van der Waals surface area contributed by atoms with Crippen molar-refractivity contribution in [3.8, 4) is 0 Å². The van der Waals surface area contributed by atoms with Gasteiger partial charge >= 0.3 is 0 Å². The molecule has 2 amide bonds. The molecular weight excluding hydrogens is 369 g/mol. The standard InChI is InChI=1S/C23H32FN3O2/c1-5-7-14-26(16-21-12-9-13-25(21)4)22(28)17-27(18(3)6-2)23(29)19-10-8-11-20(24)15-19/h8-13,15,18H,5-7,14,16-17H2,1-4H3. The minimum Gasteiger partial charge on any atom is -0.353 e. The second-order valence-corrected chi connectivity index (χ2v) is 7.48. The fourth-order valence-corrected chi connectivity index (χ4v) is 3.18. The lowest BCUT2D eigenvalue weighted by atomic mass is 10.1. The zero-order valence-electron chi connectivity index (χ0n) is 17.9. The van der Waals surface area contributed by atoms with E-state index in [1.807, 2.05) is 48.7 Å². The summed E-state index contributed by atoms with van der Waals surface area (Å²) in [5.74, 6) is -0.870. The van der Waals surface area contributed by atoms with E-state index >= 15 is 0 Å². The van der Waals surface area contributed by atoms with E-state index < -0.39 is 5.82 Å². The van der Waals surface area contributed by atoms with E-state index in [0.717, 1.165) is 18.5 Å². The number of nitrogens with zero attached hydrogens (tertiary/aromatic N) is 3. The van der Waals surface area contributed by atoms with Crippen LogP contribution >= 0.6 is 0 Å². The number of carbonyl (C=O) groups excluding carboxylic acids is 2. The van der Waals surface area contributed by atoms with Gasteiger partial charge in [0.25, 0.3) is 5.91 Å². The quantitative estimate of drug-likeness (QED) is 0.598. The lowest BCUT2D eigenvalue weighted by molar-refractivity contribution is -0.133. The predicted octanol–water partition coefficient (Wildman–Crippen LogP) is 4.23. The zero-order chi connectivity index (χ0) is 21.4. The van der Waals surface area contributed by atoms with Gasteiger partial charge in [-0.25, -0.2) is 4.39 Å². The minimum atomic E-state index is -0.459. The second-order valence-electron chi connectivity index (χ2n) is 7.48. The van der Waals surface area contributed by atoms with Gasteiger partial charge in [-0.05, 0) is 50.1 Å². The maximum atomic E-state index is 13.6. The molecule has 1 heterocycles. The van der Waals surface area contributed by atoms with E-state index in [4.69, 9.17) is 0 Å². The lowest BCUT2D eigenvalue weighted by Gasteiger charge is -2.31. The third kappa shape index (κ3) is 6.17. The highest BCUT2D eigenvalue weighted by atomic mass is 19.1. The molecule has 0 fully saturated rings. The van der Waals surface area contributed by atoms with Gasteiger partial charge in [-0.1, -0.05) is 26.3 Å². The average molecular weight is 402 g/mol. The third-order valence-corrected chi connectivity index (χ3v) is 5.30. The fraction of sp³-hybridized carbons (Fsp3) is 0.478. The summed E-state index contributed by atoms with van der Waals surface area (Å²) >= 11 is 0. The molecule has 0 spiro atoms. The molecule has 5 nitrogen and oxygen atoms in total. The van der Waals surface area contributed by atoms with E-state index in [2.05, 4.69) is 6.92 Å². The highest BCUT2D eigenvalue weighted by molar-refractivity contribution is 5.96. The number of aryl methyl sites for hydroxylation is 1. The van der Waals surface area contributed by atoms with Crippen molar-refractivity contribution in [2.45, 2.75) is 52.6 Å². The number of aromatic nitrogens is 1. The Morgan fingerprint density at radius 3 is 2.52 bits per heavy atom. The third-order valence-electron chi connectivity index (χ3n) is 5.30. The van der Waals surface area contributed by atoms with Crippen LogP contribution in [0, 0.1) is 5.82 Å². The summed E-state index contributed by atoms with van der Waals surface area (Å²) in [5.41, 5.74) is 1.31. The first-order valence-corrected chi connectivity index (χ1v) is 10.3. The molecule has 158 valence electrons. The topological polar surface area (TPSA) is 45.6 Å². The number of hydrogen-bond acceptors (Lipinski definition) is 2. The van der Waals surface area contributed by atoms with Crippen LogP contribution in [-0.4, -0.2) is 45.3 Å². The van der Waals surface area contributed by atoms with Gasteiger partial charge in [0.05, 0.1) is 6.54 Å². The van der Waals surface area contributed by atoms with E-state index in [-0.39, 0.29) is 30.0 Å². The van der Waals surface area contributed by atoms with Crippen molar-refractivity contribution in [1.29, 1.82) is 0 Å². The Morgan fingerprint density at radius 2 is 1.93 bits per heavy atom. The maximum Gasteiger partial charge on any atom is 0.254 e. The molecular formula is C23H32FN3O2. The van der Waals surface area contributed by atoms with Crippen molar-refractivity contribution < 1.29 is 14.0 Å². The van der Waals surface area contributed by atoms with Gasteiger partial charge in [-0.15, -0.1) is 0 Å². The Balaban J connectivity index is 2.20. The highest BCUT2D eigenvalue weighted by Gasteiger charge is 2.26. The fourth-order valence-electron chi connectivity index (χ4n) is 3.18. The largest absolute Gasteiger partial charge is 0.353 e. The Labute approximate surface area is 173 Å². The second kappa shape index (κ2) is 10.8. The van der Waals surface area contributed by atoms with Gasteiger partial charge in [-0.3, -0.25) is 9.59 Å². The molecule has 6 heteroatoms. The van der Waals surface area contributed by atoms with E-state index in [1.54, 1.807) is 11.0 Å². The molecule has 0 radical (unpaired) electrons. The number of rotatable bonds is 10. The molecule has 0 aliphatic carbocycles. The van der Waals surface area contributed by atoms with E-state index in [1.165, 1.54) is 18.2 Å². The van der Waals surface area contributed by atoms with E-state index in [0.29, 0.717) is 19.5 Å². The monoisotopic (exact) mass is 401 g/mol. The number of benzene rings is 1. The molecule has 0 saturated heterocycles. The molecule has 2 rings (SSSR count). The molecule has 0 saturated carbocycles. The van der Waals surface area contributed by atoms with Gasteiger partial charge in [0.2, 0.25) is 5.91 Å². The summed E-state index contributed by atoms with van der Waals surface area (Å²) in [6, 6.07) is 9.46. The summed E-state index contributed by atoms with van der Waals surface area (Å²) < 4.78 is 15.6. The van der Waals surface area contributed by atoms with Crippen molar-refractivity contribution in [2.24, 2.45) is 7.05 Å². The van der Waals surface area contributed by atoms with Gasteiger partial charge in [0.1, 0.15) is 12.4 Å². The molecule has 1 unspecified atom stereocenters. The van der Waals surface area contributed by atoms with Crippen molar-refractivity contribution in [1.82, 2.24) is 14.4 Å². The maximum absolute atomic E-state index is 13.6. The molecule has 0 aliphatic rings. The van der Waals surface area contributed by atoms with Crippen molar-refractivity contribution in [3.05, 3.63) is 59.7 Å². The number of unbranched alkanes of at least 4 members (excludes halogenated alkanes) is 1. The first-order chi connectivity index (χ1) is 13.9. The summed E-state index contributed by atoms with van der Waals surface area (Å²) in [5, 5.41) is 0. The Morgan fingerprint density at radius 1 is 1.17 bits per heavy atom. The lowest BCUT2D eigenvalue weighted by Crippen LogP contribution is -2.46. The summed E-state index contributed by atoms with van der Waals surface area (Å²) in [4.78, 5) is 29.6. The normalized spacial score (nSPS) is 11.9. The van der Waals surface area contributed by atoms with Crippen molar-refractivity contribution >= 4 is 11.8 Å². The van der Waals surface area contributed by atoms with Gasteiger partial charge in [0.15, 0.2) is 0 Å². The smallest absolute Gasteiger partial charge is 0.254 e. The molecule has 1 aromatic carbocycles. The van der Waals surface area contributed by atoms with E-state index in [9.17, 15) is 14.0 Å². The summed E-state index contributed by atoms with van der Waals surface area (Å²) in [6.07, 6.45) is 4.55. The first kappa shape index (κ1) is 22.7. The molecule has 0 bridgehead atoms. The van der Waals surface area contributed by atoms with Crippen molar-refractivity contribution in [2.75, 3.05) is 13.1 Å². The number of halogens is 1. The number of hydrogen-bond donors (Lipinski definition) is 0. The molecule has 29 heavy (non-hydrogen) atoms. The van der Waals surface area contributed by atoms with Crippen LogP contribution in [0.1, 0.15) is 56.1 Å². The van der Waals surface area contributed by atoms with Crippen LogP contribution in [0.4, 0.5) is 4.39 Å². The average Bonchev–Trinajstić information content (AvgIpc) is 3.12. The Bertz CT molecular complexity index is 818. The summed E-state index contributed by atoms with van der Waals surface area (Å²) in [6.45, 7) is 7.11. The SMILES string of the molecule is CCCCN(Cc1cccn1C)C(=O)CN(C(=O)c1cccc(F)c1)C(C)CC. The van der Waals surface area contributed by atoms with Crippen LogP contribution in [0.2, 0.25) is 0 Å². The van der Waals surface area contributed by atoms with Crippen molar-refractivity contribution in [3.63, 3.8) is 0 Å².